The van der Waals surface area contributed by atoms with Crippen LogP contribution in [0.1, 0.15) is 54.9 Å². The zero-order valence-electron chi connectivity index (χ0n) is 25.2. The molecule has 0 aliphatic carbocycles. The van der Waals surface area contributed by atoms with E-state index in [0.717, 1.165) is 53.5 Å². The van der Waals surface area contributed by atoms with Crippen molar-refractivity contribution in [2.45, 2.75) is 51.6 Å². The summed E-state index contributed by atoms with van der Waals surface area (Å²) in [5.74, 6) is 0.497. The molecule has 1 aromatic heterocycles. The number of nitrogens with one attached hydrogen (secondary N) is 2. The summed E-state index contributed by atoms with van der Waals surface area (Å²) in [7, 11) is 0. The van der Waals surface area contributed by atoms with Gasteiger partial charge in [0.2, 0.25) is 18.2 Å². The number of piperidine rings is 1. The molecule has 1 fully saturated rings. The van der Waals surface area contributed by atoms with Crippen LogP contribution in [-0.4, -0.2) is 58.1 Å². The van der Waals surface area contributed by atoms with Crippen LogP contribution in [-0.2, 0) is 20.9 Å². The number of carbonyl (C=O) groups is 4. The summed E-state index contributed by atoms with van der Waals surface area (Å²) in [5, 5.41) is 7.44. The van der Waals surface area contributed by atoms with Gasteiger partial charge in [0.1, 0.15) is 0 Å². The predicted molar refractivity (Wildman–Crippen MR) is 172 cm³/mol. The Labute approximate surface area is 261 Å². The van der Waals surface area contributed by atoms with Gasteiger partial charge in [-0.1, -0.05) is 42.5 Å². The molecule has 3 aromatic carbocycles. The van der Waals surface area contributed by atoms with E-state index >= 15 is 0 Å². The van der Waals surface area contributed by atoms with Crippen LogP contribution in [0.2, 0.25) is 0 Å². The largest absolute Gasteiger partial charge is 0.369 e. The van der Waals surface area contributed by atoms with E-state index in [1.54, 1.807) is 17.0 Å². The van der Waals surface area contributed by atoms with Crippen LogP contribution >= 0.6 is 0 Å². The average molecular weight is 605 g/mol. The van der Waals surface area contributed by atoms with Crippen LogP contribution < -0.4 is 15.5 Å². The van der Waals surface area contributed by atoms with Crippen LogP contribution in [0, 0.1) is 5.92 Å². The minimum Gasteiger partial charge on any atom is -0.369 e. The molecule has 6 rings (SSSR count). The SMILES string of the molecule is CC(CCC(=O)NC=O)N1Cc2cc(NC(=O)CC3CCN(c4cnc(-c5cccc6ccccc56)nc4)CC3)ccc2C1=O. The highest BCUT2D eigenvalue weighted by Gasteiger charge is 2.31. The normalized spacial score (nSPS) is 15.5. The first kappa shape index (κ1) is 29.9. The number of fused-ring (bicyclic) bond motifs is 2. The summed E-state index contributed by atoms with van der Waals surface area (Å²) < 4.78 is 0. The van der Waals surface area contributed by atoms with Gasteiger partial charge in [-0.15, -0.1) is 0 Å². The van der Waals surface area contributed by atoms with Crippen molar-refractivity contribution in [2.24, 2.45) is 5.92 Å². The summed E-state index contributed by atoms with van der Waals surface area (Å²) in [4.78, 5) is 61.3. The van der Waals surface area contributed by atoms with Gasteiger partial charge in [-0.2, -0.15) is 0 Å². The molecule has 1 saturated heterocycles. The van der Waals surface area contributed by atoms with Gasteiger partial charge in [-0.05, 0) is 66.6 Å². The van der Waals surface area contributed by atoms with E-state index < -0.39 is 0 Å². The Morgan fingerprint density at radius 3 is 2.51 bits per heavy atom. The van der Waals surface area contributed by atoms with Crippen LogP contribution in [0.3, 0.4) is 0 Å². The number of amides is 4. The Morgan fingerprint density at radius 2 is 1.73 bits per heavy atom. The lowest BCUT2D eigenvalue weighted by atomic mass is 9.93. The van der Waals surface area contributed by atoms with Crippen molar-refractivity contribution in [3.8, 4) is 11.4 Å². The van der Waals surface area contributed by atoms with Gasteiger partial charge in [-0.3, -0.25) is 24.5 Å². The average Bonchev–Trinajstić information content (AvgIpc) is 3.39. The van der Waals surface area contributed by atoms with E-state index in [-0.39, 0.29) is 36.1 Å². The van der Waals surface area contributed by atoms with Gasteiger partial charge in [0.15, 0.2) is 5.82 Å². The lowest BCUT2D eigenvalue weighted by Crippen LogP contribution is -2.35. The lowest BCUT2D eigenvalue weighted by Gasteiger charge is -2.33. The molecule has 0 bridgehead atoms. The Bertz CT molecular complexity index is 1730. The van der Waals surface area contributed by atoms with Gasteiger partial charge in [0, 0.05) is 55.3 Å². The molecule has 45 heavy (non-hydrogen) atoms. The molecule has 4 aromatic rings. The quantitative estimate of drug-likeness (QED) is 0.246. The maximum absolute atomic E-state index is 13.0. The first-order valence-electron chi connectivity index (χ1n) is 15.4. The molecule has 230 valence electrons. The van der Waals surface area contributed by atoms with E-state index in [9.17, 15) is 19.2 Å². The minimum absolute atomic E-state index is 0.0353. The van der Waals surface area contributed by atoms with E-state index in [1.165, 1.54) is 0 Å². The Morgan fingerprint density at radius 1 is 0.978 bits per heavy atom. The van der Waals surface area contributed by atoms with E-state index in [0.29, 0.717) is 42.9 Å². The number of hydrogen-bond donors (Lipinski definition) is 2. The summed E-state index contributed by atoms with van der Waals surface area (Å²) in [6.45, 7) is 3.97. The number of aromatic nitrogens is 2. The summed E-state index contributed by atoms with van der Waals surface area (Å²) in [6.07, 6.45) is 6.99. The molecule has 3 heterocycles. The third kappa shape index (κ3) is 6.69. The number of rotatable bonds is 10. The molecular formula is C35H36N6O4. The summed E-state index contributed by atoms with van der Waals surface area (Å²) >= 11 is 0. The molecule has 2 aliphatic rings. The molecule has 0 radical (unpaired) electrons. The monoisotopic (exact) mass is 604 g/mol. The minimum atomic E-state index is -0.364. The van der Waals surface area contributed by atoms with Gasteiger partial charge in [0.25, 0.3) is 5.91 Å². The first-order valence-corrected chi connectivity index (χ1v) is 15.4. The Balaban J connectivity index is 0.990. The third-order valence-corrected chi connectivity index (χ3v) is 8.88. The maximum atomic E-state index is 13.0. The zero-order valence-corrected chi connectivity index (χ0v) is 25.2. The molecule has 4 amide bonds. The summed E-state index contributed by atoms with van der Waals surface area (Å²) in [5.41, 5.74) is 4.14. The maximum Gasteiger partial charge on any atom is 0.254 e. The fourth-order valence-electron chi connectivity index (χ4n) is 6.32. The smallest absolute Gasteiger partial charge is 0.254 e. The number of nitrogens with zero attached hydrogens (tertiary/aromatic N) is 4. The van der Waals surface area contributed by atoms with Crippen LogP contribution in [0.4, 0.5) is 11.4 Å². The molecular weight excluding hydrogens is 568 g/mol. The van der Waals surface area contributed by atoms with Crippen molar-refractivity contribution in [1.82, 2.24) is 20.2 Å². The lowest BCUT2D eigenvalue weighted by molar-refractivity contribution is -0.125. The van der Waals surface area contributed by atoms with Crippen molar-refractivity contribution in [3.05, 3.63) is 84.2 Å². The molecule has 1 unspecified atom stereocenters. The number of imide groups is 1. The van der Waals surface area contributed by atoms with Crippen molar-refractivity contribution in [1.29, 1.82) is 0 Å². The fraction of sp³-hybridized carbons (Fsp3) is 0.314. The third-order valence-electron chi connectivity index (χ3n) is 8.88. The van der Waals surface area contributed by atoms with Gasteiger partial charge < -0.3 is 15.1 Å². The predicted octanol–water partition coefficient (Wildman–Crippen LogP) is 4.94. The highest BCUT2D eigenvalue weighted by Crippen LogP contribution is 2.30. The molecule has 10 heteroatoms. The van der Waals surface area contributed by atoms with E-state index in [4.69, 9.17) is 0 Å². The second-order valence-corrected chi connectivity index (χ2v) is 11.9. The molecule has 2 aliphatic heterocycles. The first-order chi connectivity index (χ1) is 21.9. The van der Waals surface area contributed by atoms with Crippen molar-refractivity contribution >= 4 is 46.3 Å². The van der Waals surface area contributed by atoms with Crippen molar-refractivity contribution in [3.63, 3.8) is 0 Å². The summed E-state index contributed by atoms with van der Waals surface area (Å²) in [6, 6.07) is 19.6. The van der Waals surface area contributed by atoms with Crippen LogP contribution in [0.5, 0.6) is 0 Å². The molecule has 0 saturated carbocycles. The van der Waals surface area contributed by atoms with Gasteiger partial charge >= 0.3 is 0 Å². The van der Waals surface area contributed by atoms with Crippen LogP contribution in [0.15, 0.2) is 73.1 Å². The van der Waals surface area contributed by atoms with Crippen molar-refractivity contribution < 1.29 is 19.2 Å². The molecule has 1 atom stereocenters. The second kappa shape index (κ2) is 13.3. The van der Waals surface area contributed by atoms with Gasteiger partial charge in [0.05, 0.1) is 18.1 Å². The Kier molecular flexibility index (Phi) is 8.81. The Hall–Kier alpha value is -5.12. The standard InChI is InChI=1S/C35H36N6O4/c1-23(9-12-32(43)38-22-42)41-21-26-18-27(10-11-30(26)35(41)45)39-33(44)17-24-13-15-40(16-14-24)28-19-36-34(37-20-28)31-8-4-6-25-5-2-3-7-29(25)31/h2-8,10-11,18-20,22-24H,9,12-17,21H2,1H3,(H,39,44)(H,38,42,43). The second-order valence-electron chi connectivity index (χ2n) is 11.9. The van der Waals surface area contributed by atoms with Gasteiger partial charge in [-0.25, -0.2) is 9.97 Å². The number of benzene rings is 3. The molecule has 2 N–H and O–H groups in total. The van der Waals surface area contributed by atoms with E-state index in [2.05, 4.69) is 49.8 Å². The van der Waals surface area contributed by atoms with E-state index in [1.807, 2.05) is 43.6 Å². The van der Waals surface area contributed by atoms with Crippen molar-refractivity contribution in [2.75, 3.05) is 23.3 Å². The molecule has 0 spiro atoms. The fourth-order valence-corrected chi connectivity index (χ4v) is 6.32. The van der Waals surface area contributed by atoms with Crippen LogP contribution in [0.25, 0.3) is 22.2 Å². The highest BCUT2D eigenvalue weighted by molar-refractivity contribution is 6.00. The number of hydrogen-bond acceptors (Lipinski definition) is 7. The highest BCUT2D eigenvalue weighted by atomic mass is 16.2. The molecule has 10 nitrogen and oxygen atoms in total. The number of anilines is 2. The zero-order chi connectivity index (χ0) is 31.3. The number of carbonyl (C=O) groups excluding carboxylic acids is 4. The topological polar surface area (TPSA) is 125 Å².